The van der Waals surface area contributed by atoms with Gasteiger partial charge >= 0.3 is 0 Å². The Labute approximate surface area is 240 Å². The largest absolute Gasteiger partial charge is 0.337 e. The second-order valence-corrected chi connectivity index (χ2v) is 12.5. The molecular weight excluding hydrogens is 519 g/mol. The van der Waals surface area contributed by atoms with Crippen molar-refractivity contribution in [3.05, 3.63) is 114 Å². The fraction of sp³-hybridized carbons (Fsp3) is 0.333. The average molecular weight is 555 g/mol. The van der Waals surface area contributed by atoms with Crippen LogP contribution in [0, 0.1) is 17.2 Å². The minimum absolute atomic E-state index is 0.103. The predicted octanol–water partition coefficient (Wildman–Crippen LogP) is 7.21. The van der Waals surface area contributed by atoms with Gasteiger partial charge in [0.25, 0.3) is 0 Å². The number of aromatic nitrogens is 2. The molecule has 1 fully saturated rings. The molecule has 0 saturated heterocycles. The minimum Gasteiger partial charge on any atom is -0.337 e. The highest BCUT2D eigenvalue weighted by Crippen LogP contribution is 2.65. The van der Waals surface area contributed by atoms with Crippen LogP contribution in [-0.2, 0) is 24.8 Å². The number of benzene rings is 3. The summed E-state index contributed by atoms with van der Waals surface area (Å²) < 4.78 is 19.0. The Kier molecular flexibility index (Phi) is 7.27. The van der Waals surface area contributed by atoms with Gasteiger partial charge < -0.3 is 9.47 Å². The number of aryl methyl sites for hydroxylation is 2. The third-order valence-electron chi connectivity index (χ3n) is 8.63. The van der Waals surface area contributed by atoms with Gasteiger partial charge in [-0.25, -0.2) is 9.37 Å². The van der Waals surface area contributed by atoms with Crippen LogP contribution in [0.3, 0.4) is 0 Å². The van der Waals surface area contributed by atoms with E-state index in [4.69, 9.17) is 0 Å². The molecule has 0 bridgehead atoms. The number of fused-ring (bicyclic) bond motifs is 1. The summed E-state index contributed by atoms with van der Waals surface area (Å²) in [5.41, 5.74) is 4.54. The van der Waals surface area contributed by atoms with Gasteiger partial charge in [0.2, 0.25) is 5.91 Å². The number of imidazole rings is 1. The molecule has 0 spiro atoms. The molecule has 0 radical (unpaired) electrons. The van der Waals surface area contributed by atoms with Crippen molar-refractivity contribution in [2.24, 2.45) is 18.4 Å². The number of rotatable bonds is 8. The molecule has 1 amide bonds. The van der Waals surface area contributed by atoms with Crippen molar-refractivity contribution >= 4 is 23.5 Å². The normalized spacial score (nSPS) is 21.1. The molecule has 3 atom stereocenters. The highest BCUT2D eigenvalue weighted by molar-refractivity contribution is 7.97. The monoisotopic (exact) mass is 554 g/mol. The molecule has 6 rings (SSSR count). The van der Waals surface area contributed by atoms with Crippen molar-refractivity contribution in [1.29, 1.82) is 0 Å². The summed E-state index contributed by atoms with van der Waals surface area (Å²) in [5.74, 6) is 0.839. The molecule has 1 N–H and O–H groups in total. The first kappa shape index (κ1) is 26.8. The van der Waals surface area contributed by atoms with Gasteiger partial charge in [0.1, 0.15) is 11.6 Å². The third-order valence-corrected chi connectivity index (χ3v) is 9.54. The maximum atomic E-state index is 14.4. The highest BCUT2D eigenvalue weighted by atomic mass is 32.2. The first-order chi connectivity index (χ1) is 19.3. The molecule has 5 nitrogen and oxygen atoms in total. The Morgan fingerprint density at radius 1 is 1.12 bits per heavy atom. The number of carbonyl (C=O) groups is 1. The summed E-state index contributed by atoms with van der Waals surface area (Å²) in [6.45, 7) is 4.81. The van der Waals surface area contributed by atoms with E-state index in [9.17, 15) is 9.18 Å². The second-order valence-electron chi connectivity index (χ2n) is 11.6. The van der Waals surface area contributed by atoms with Crippen molar-refractivity contribution in [2.75, 3.05) is 4.90 Å². The SMILES string of the molecule is Cn1ccnc1CN(C(=O)C1C(c2ccccc2)C1(C)C)c1ccc2c(c1)C(NSc1ccc(F)cc1)CCC2. The first-order valence-electron chi connectivity index (χ1n) is 14.0. The number of amides is 1. The van der Waals surface area contributed by atoms with Crippen molar-refractivity contribution < 1.29 is 9.18 Å². The minimum atomic E-state index is -0.234. The number of carbonyl (C=O) groups excluding carboxylic acids is 1. The highest BCUT2D eigenvalue weighted by Gasteiger charge is 2.63. The summed E-state index contributed by atoms with van der Waals surface area (Å²) in [5, 5.41) is 0. The Morgan fingerprint density at radius 3 is 2.62 bits per heavy atom. The van der Waals surface area contributed by atoms with Crippen LogP contribution in [0.4, 0.5) is 10.1 Å². The van der Waals surface area contributed by atoms with E-state index in [1.54, 1.807) is 18.3 Å². The van der Waals surface area contributed by atoms with E-state index in [0.717, 1.165) is 35.7 Å². The van der Waals surface area contributed by atoms with Crippen molar-refractivity contribution in [1.82, 2.24) is 14.3 Å². The fourth-order valence-corrected chi connectivity index (χ4v) is 7.05. The summed E-state index contributed by atoms with van der Waals surface area (Å²) in [7, 11) is 1.97. The van der Waals surface area contributed by atoms with Crippen LogP contribution in [0.2, 0.25) is 0 Å². The molecule has 3 aromatic carbocycles. The van der Waals surface area contributed by atoms with Gasteiger partial charge in [0, 0.05) is 42.0 Å². The third kappa shape index (κ3) is 5.20. The lowest BCUT2D eigenvalue weighted by Crippen LogP contribution is -2.34. The van der Waals surface area contributed by atoms with Gasteiger partial charge in [-0.15, -0.1) is 0 Å². The van der Waals surface area contributed by atoms with E-state index in [1.165, 1.54) is 40.8 Å². The summed E-state index contributed by atoms with van der Waals surface area (Å²) in [4.78, 5) is 21.8. The zero-order valence-electron chi connectivity index (χ0n) is 23.2. The van der Waals surface area contributed by atoms with Crippen LogP contribution in [0.25, 0.3) is 0 Å². The number of halogens is 1. The summed E-state index contributed by atoms with van der Waals surface area (Å²) in [6, 6.07) is 23.6. The fourth-order valence-electron chi connectivity index (χ4n) is 6.25. The van der Waals surface area contributed by atoms with E-state index >= 15 is 0 Å². The van der Waals surface area contributed by atoms with Crippen LogP contribution in [0.5, 0.6) is 0 Å². The number of hydrogen-bond acceptors (Lipinski definition) is 4. The molecule has 3 unspecified atom stereocenters. The van der Waals surface area contributed by atoms with Gasteiger partial charge in [-0.3, -0.25) is 9.52 Å². The van der Waals surface area contributed by atoms with Crippen LogP contribution in [0.15, 0.2) is 90.1 Å². The number of anilines is 1. The predicted molar refractivity (Wildman–Crippen MR) is 158 cm³/mol. The first-order valence-corrected chi connectivity index (χ1v) is 14.8. The lowest BCUT2D eigenvalue weighted by Gasteiger charge is -2.29. The smallest absolute Gasteiger partial charge is 0.231 e. The van der Waals surface area contributed by atoms with Gasteiger partial charge in [-0.1, -0.05) is 50.2 Å². The van der Waals surface area contributed by atoms with E-state index in [-0.39, 0.29) is 35.0 Å². The molecule has 2 aliphatic carbocycles. The van der Waals surface area contributed by atoms with E-state index in [1.807, 2.05) is 28.8 Å². The molecule has 206 valence electrons. The van der Waals surface area contributed by atoms with E-state index in [2.05, 4.69) is 66.0 Å². The lowest BCUT2D eigenvalue weighted by molar-refractivity contribution is -0.120. The maximum Gasteiger partial charge on any atom is 0.231 e. The molecule has 1 saturated carbocycles. The molecule has 40 heavy (non-hydrogen) atoms. The Balaban J connectivity index is 1.31. The summed E-state index contributed by atoms with van der Waals surface area (Å²) in [6.07, 6.45) is 6.83. The van der Waals surface area contributed by atoms with Crippen LogP contribution in [-0.4, -0.2) is 15.5 Å². The Hall–Kier alpha value is -3.42. The molecule has 2 aliphatic rings. The zero-order chi connectivity index (χ0) is 27.9. The Bertz CT molecular complexity index is 1500. The van der Waals surface area contributed by atoms with Crippen molar-refractivity contribution in [3.63, 3.8) is 0 Å². The van der Waals surface area contributed by atoms with Gasteiger partial charge in [-0.05, 0) is 89.7 Å². The van der Waals surface area contributed by atoms with Gasteiger partial charge in [0.05, 0.1) is 12.5 Å². The molecule has 1 aromatic heterocycles. The molecule has 1 heterocycles. The standard InChI is InChI=1S/C33H35FN4OS/c1-33(2)30(23-8-5-4-6-9-23)31(33)32(39)38(21-29-35-18-19-37(29)3)25-15-12-22-10-7-11-28(27(22)20-25)36-40-26-16-13-24(34)14-17-26/h4-6,8-9,12-20,28,30-31,36H,7,10-11,21H2,1-3H3. The molecular formula is C33H35FN4OS. The molecule has 4 aromatic rings. The zero-order valence-corrected chi connectivity index (χ0v) is 24.0. The van der Waals surface area contributed by atoms with Gasteiger partial charge in [-0.2, -0.15) is 0 Å². The van der Waals surface area contributed by atoms with Crippen LogP contribution in [0.1, 0.15) is 61.2 Å². The van der Waals surface area contributed by atoms with E-state index < -0.39 is 0 Å². The molecule has 0 aliphatic heterocycles. The topological polar surface area (TPSA) is 50.2 Å². The van der Waals surface area contributed by atoms with Crippen LogP contribution < -0.4 is 9.62 Å². The van der Waals surface area contributed by atoms with Crippen molar-refractivity contribution in [2.45, 2.75) is 56.5 Å². The van der Waals surface area contributed by atoms with Gasteiger partial charge in [0.15, 0.2) is 0 Å². The average Bonchev–Trinajstić information content (AvgIpc) is 3.31. The second kappa shape index (κ2) is 10.9. The maximum absolute atomic E-state index is 14.4. The molecule has 7 heteroatoms. The Morgan fingerprint density at radius 2 is 1.90 bits per heavy atom. The number of hydrogen-bond donors (Lipinski definition) is 1. The van der Waals surface area contributed by atoms with E-state index in [0.29, 0.717) is 6.54 Å². The number of nitrogens with one attached hydrogen (secondary N) is 1. The summed E-state index contributed by atoms with van der Waals surface area (Å²) >= 11 is 1.53. The van der Waals surface area contributed by atoms with Crippen molar-refractivity contribution in [3.8, 4) is 0 Å². The number of nitrogens with zero attached hydrogens (tertiary/aromatic N) is 3. The quantitative estimate of drug-likeness (QED) is 0.234. The van der Waals surface area contributed by atoms with Crippen LogP contribution >= 0.6 is 11.9 Å². The lowest BCUT2D eigenvalue weighted by atomic mass is 9.87.